The summed E-state index contributed by atoms with van der Waals surface area (Å²) in [6, 6.07) is 12.0. The summed E-state index contributed by atoms with van der Waals surface area (Å²) in [6.45, 7) is 2.97. The Morgan fingerprint density at radius 2 is 1.79 bits per heavy atom. The molecule has 1 saturated carbocycles. The molecular formula is C22H30N4O3. The number of ether oxygens (including phenoxy) is 3. The van der Waals surface area contributed by atoms with E-state index in [1.807, 2.05) is 30.3 Å². The van der Waals surface area contributed by atoms with E-state index in [1.54, 1.807) is 20.4 Å². The number of pyridine rings is 1. The van der Waals surface area contributed by atoms with Gasteiger partial charge < -0.3 is 24.8 Å². The van der Waals surface area contributed by atoms with E-state index in [1.165, 1.54) is 12.8 Å². The highest BCUT2D eigenvalue weighted by Gasteiger charge is 2.22. The van der Waals surface area contributed by atoms with Crippen molar-refractivity contribution in [1.82, 2.24) is 15.6 Å². The summed E-state index contributed by atoms with van der Waals surface area (Å²) in [7, 11) is 3.40. The Morgan fingerprint density at radius 3 is 2.55 bits per heavy atom. The first-order valence-corrected chi connectivity index (χ1v) is 10.0. The number of aromatic nitrogens is 1. The molecule has 0 saturated heterocycles. The van der Waals surface area contributed by atoms with Crippen LogP contribution >= 0.6 is 0 Å². The van der Waals surface area contributed by atoms with Gasteiger partial charge in [-0.15, -0.1) is 0 Å². The highest BCUT2D eigenvalue weighted by atomic mass is 16.5. The lowest BCUT2D eigenvalue weighted by Crippen LogP contribution is -2.36. The van der Waals surface area contributed by atoms with Crippen LogP contribution in [0.4, 0.5) is 0 Å². The molecule has 0 unspecified atom stereocenters. The summed E-state index contributed by atoms with van der Waals surface area (Å²) in [4.78, 5) is 8.61. The summed E-state index contributed by atoms with van der Waals surface area (Å²) in [6.07, 6.45) is 4.28. The third kappa shape index (κ3) is 6.94. The van der Waals surface area contributed by atoms with Gasteiger partial charge in [-0.05, 0) is 30.9 Å². The van der Waals surface area contributed by atoms with Crippen LogP contribution in [0, 0.1) is 5.92 Å². The molecule has 1 aliphatic rings. The van der Waals surface area contributed by atoms with E-state index >= 15 is 0 Å². The summed E-state index contributed by atoms with van der Waals surface area (Å²) < 4.78 is 16.7. The van der Waals surface area contributed by atoms with Crippen LogP contribution in [0.5, 0.6) is 11.6 Å². The Morgan fingerprint density at radius 1 is 1.03 bits per heavy atom. The number of para-hydroxylation sites is 1. The zero-order valence-corrected chi connectivity index (χ0v) is 17.2. The average molecular weight is 399 g/mol. The molecule has 29 heavy (non-hydrogen) atoms. The summed E-state index contributed by atoms with van der Waals surface area (Å²) >= 11 is 0. The van der Waals surface area contributed by atoms with Crippen LogP contribution in [0.15, 0.2) is 47.6 Å². The molecule has 0 bridgehead atoms. The molecule has 7 nitrogen and oxygen atoms in total. The van der Waals surface area contributed by atoms with Crippen molar-refractivity contribution < 1.29 is 14.2 Å². The predicted molar refractivity (Wildman–Crippen MR) is 113 cm³/mol. The van der Waals surface area contributed by atoms with Crippen molar-refractivity contribution in [1.29, 1.82) is 0 Å². The number of rotatable bonds is 11. The van der Waals surface area contributed by atoms with Gasteiger partial charge in [0.2, 0.25) is 5.88 Å². The smallest absolute Gasteiger partial charge is 0.218 e. The normalized spacial score (nSPS) is 13.8. The lowest BCUT2D eigenvalue weighted by molar-refractivity contribution is 0.143. The largest absolute Gasteiger partial charge is 0.493 e. The van der Waals surface area contributed by atoms with Gasteiger partial charge in [-0.25, -0.2) is 4.98 Å². The third-order valence-electron chi connectivity index (χ3n) is 4.64. The lowest BCUT2D eigenvalue weighted by Gasteiger charge is -2.16. The molecule has 1 fully saturated rings. The molecule has 0 atom stereocenters. The second-order valence-electron chi connectivity index (χ2n) is 6.95. The average Bonchev–Trinajstić information content (AvgIpc) is 3.58. The number of nitrogens with one attached hydrogen (secondary N) is 2. The van der Waals surface area contributed by atoms with E-state index in [4.69, 9.17) is 14.2 Å². The molecule has 0 aliphatic heterocycles. The SMILES string of the molecule is CN=C(NCc1ccccc1OCC1CC1)NCc1cccnc1OCCOC. The fourth-order valence-electron chi connectivity index (χ4n) is 2.77. The van der Waals surface area contributed by atoms with Gasteiger partial charge in [0.05, 0.1) is 13.2 Å². The Balaban J connectivity index is 1.51. The fourth-order valence-corrected chi connectivity index (χ4v) is 2.77. The van der Waals surface area contributed by atoms with Gasteiger partial charge in [-0.1, -0.05) is 24.3 Å². The first-order chi connectivity index (χ1) is 14.3. The molecule has 0 radical (unpaired) electrons. The Bertz CT molecular complexity index is 793. The van der Waals surface area contributed by atoms with Crippen molar-refractivity contribution in [2.75, 3.05) is 34.0 Å². The maximum absolute atomic E-state index is 5.98. The molecule has 3 rings (SSSR count). The van der Waals surface area contributed by atoms with Crippen LogP contribution in [0.25, 0.3) is 0 Å². The number of guanidine groups is 1. The van der Waals surface area contributed by atoms with Crippen molar-refractivity contribution in [3.05, 3.63) is 53.7 Å². The van der Waals surface area contributed by atoms with Gasteiger partial charge >= 0.3 is 0 Å². The van der Waals surface area contributed by atoms with E-state index in [-0.39, 0.29) is 0 Å². The van der Waals surface area contributed by atoms with Gasteiger partial charge in [-0.2, -0.15) is 0 Å². The minimum atomic E-state index is 0.463. The van der Waals surface area contributed by atoms with Crippen molar-refractivity contribution in [3.8, 4) is 11.6 Å². The van der Waals surface area contributed by atoms with Crippen molar-refractivity contribution in [2.24, 2.45) is 10.9 Å². The van der Waals surface area contributed by atoms with Crippen LogP contribution in [0.3, 0.4) is 0 Å². The van der Waals surface area contributed by atoms with Gasteiger partial charge in [0, 0.05) is 44.6 Å². The standard InChI is InChI=1S/C22H30N4O3/c1-23-22(26-15-19-7-5-11-24-21(19)28-13-12-27-2)25-14-18-6-3-4-8-20(18)29-16-17-9-10-17/h3-8,11,17H,9-10,12-16H2,1-2H3,(H2,23,25,26). The number of nitrogens with zero attached hydrogens (tertiary/aromatic N) is 2. The molecule has 156 valence electrons. The van der Waals surface area contributed by atoms with Crippen molar-refractivity contribution in [3.63, 3.8) is 0 Å². The zero-order chi connectivity index (χ0) is 20.3. The summed E-state index contributed by atoms with van der Waals surface area (Å²) in [5, 5.41) is 6.66. The molecule has 2 aromatic rings. The molecule has 0 amide bonds. The van der Waals surface area contributed by atoms with Crippen molar-refractivity contribution >= 4 is 5.96 Å². The molecule has 1 aliphatic carbocycles. The van der Waals surface area contributed by atoms with Gasteiger partial charge in [0.1, 0.15) is 12.4 Å². The molecular weight excluding hydrogens is 368 g/mol. The number of benzene rings is 1. The molecule has 1 heterocycles. The van der Waals surface area contributed by atoms with Gasteiger partial charge in [-0.3, -0.25) is 4.99 Å². The maximum Gasteiger partial charge on any atom is 0.218 e. The topological polar surface area (TPSA) is 77.0 Å². The summed E-state index contributed by atoms with van der Waals surface area (Å²) in [5.74, 6) is 2.97. The molecule has 2 N–H and O–H groups in total. The highest BCUT2D eigenvalue weighted by Crippen LogP contribution is 2.30. The Hall–Kier alpha value is -2.80. The van der Waals surface area contributed by atoms with E-state index in [9.17, 15) is 0 Å². The first-order valence-electron chi connectivity index (χ1n) is 10.0. The second-order valence-corrected chi connectivity index (χ2v) is 6.95. The number of hydrogen-bond donors (Lipinski definition) is 2. The molecule has 0 spiro atoms. The van der Waals surface area contributed by atoms with E-state index in [0.29, 0.717) is 38.1 Å². The number of methoxy groups -OCH3 is 1. The fraction of sp³-hybridized carbons (Fsp3) is 0.455. The minimum Gasteiger partial charge on any atom is -0.493 e. The predicted octanol–water partition coefficient (Wildman–Crippen LogP) is 2.76. The van der Waals surface area contributed by atoms with Crippen LogP contribution < -0.4 is 20.1 Å². The third-order valence-corrected chi connectivity index (χ3v) is 4.64. The molecule has 1 aromatic carbocycles. The zero-order valence-electron chi connectivity index (χ0n) is 17.2. The minimum absolute atomic E-state index is 0.463. The molecule has 1 aromatic heterocycles. The number of hydrogen-bond acceptors (Lipinski definition) is 5. The first kappa shape index (κ1) is 20.9. The summed E-state index contributed by atoms with van der Waals surface area (Å²) in [5.41, 5.74) is 2.07. The number of aliphatic imine (C=N–C) groups is 1. The van der Waals surface area contributed by atoms with E-state index in [0.717, 1.165) is 29.4 Å². The van der Waals surface area contributed by atoms with Gasteiger partial charge in [0.25, 0.3) is 0 Å². The van der Waals surface area contributed by atoms with E-state index < -0.39 is 0 Å². The van der Waals surface area contributed by atoms with Crippen molar-refractivity contribution in [2.45, 2.75) is 25.9 Å². The molecule has 7 heteroatoms. The maximum atomic E-state index is 5.98. The van der Waals surface area contributed by atoms with Crippen LogP contribution in [-0.2, 0) is 17.8 Å². The monoisotopic (exact) mass is 398 g/mol. The van der Waals surface area contributed by atoms with Crippen LogP contribution in [0.2, 0.25) is 0 Å². The van der Waals surface area contributed by atoms with Crippen LogP contribution in [-0.4, -0.2) is 44.9 Å². The van der Waals surface area contributed by atoms with Crippen LogP contribution in [0.1, 0.15) is 24.0 Å². The lowest BCUT2D eigenvalue weighted by atomic mass is 10.2. The second kappa shape index (κ2) is 11.3. The Labute approximate surface area is 172 Å². The quantitative estimate of drug-likeness (QED) is 0.344. The Kier molecular flexibility index (Phi) is 8.12. The van der Waals surface area contributed by atoms with Gasteiger partial charge in [0.15, 0.2) is 5.96 Å². The highest BCUT2D eigenvalue weighted by molar-refractivity contribution is 5.79. The van der Waals surface area contributed by atoms with E-state index in [2.05, 4.69) is 26.7 Å².